The van der Waals surface area contributed by atoms with Crippen LogP contribution in [0.4, 0.5) is 8.78 Å². The second-order valence-electron chi connectivity index (χ2n) is 3.30. The standard InChI is InChI=1S/C8H13F2NOS/c1-5-3-11(4-6(2)13-5)8(12)7(9)10/h5-7H,3-4H2,1-2H3. The summed E-state index contributed by atoms with van der Waals surface area (Å²) in [5, 5.41) is 0.512. The minimum absolute atomic E-state index is 0.256. The third-order valence-electron chi connectivity index (χ3n) is 1.92. The molecule has 1 aliphatic heterocycles. The van der Waals surface area contributed by atoms with E-state index >= 15 is 0 Å². The molecule has 1 heterocycles. The van der Waals surface area contributed by atoms with Crippen molar-refractivity contribution in [2.75, 3.05) is 13.1 Å². The Balaban J connectivity index is 2.55. The number of thioether (sulfide) groups is 1. The van der Waals surface area contributed by atoms with E-state index < -0.39 is 12.3 Å². The quantitative estimate of drug-likeness (QED) is 0.654. The summed E-state index contributed by atoms with van der Waals surface area (Å²) in [7, 11) is 0. The highest BCUT2D eigenvalue weighted by Gasteiger charge is 2.30. The number of carbonyl (C=O) groups is 1. The van der Waals surface area contributed by atoms with Crippen LogP contribution in [-0.4, -0.2) is 40.8 Å². The van der Waals surface area contributed by atoms with Crippen LogP contribution < -0.4 is 0 Å². The molecule has 0 aromatic heterocycles. The Labute approximate surface area is 80.7 Å². The summed E-state index contributed by atoms with van der Waals surface area (Å²) in [5.41, 5.74) is 0. The number of nitrogens with zero attached hydrogens (tertiary/aromatic N) is 1. The molecular formula is C8H13F2NOS. The Bertz CT molecular complexity index is 191. The van der Waals surface area contributed by atoms with E-state index in [4.69, 9.17) is 0 Å². The summed E-state index contributed by atoms with van der Waals surface area (Å²) in [6, 6.07) is 0. The molecule has 5 heteroatoms. The van der Waals surface area contributed by atoms with E-state index in [2.05, 4.69) is 0 Å². The summed E-state index contributed by atoms with van der Waals surface area (Å²) in [6.45, 7) is 4.79. The Morgan fingerprint density at radius 3 is 2.23 bits per heavy atom. The normalized spacial score (nSPS) is 29.5. The number of rotatable bonds is 1. The van der Waals surface area contributed by atoms with Crippen molar-refractivity contribution in [1.82, 2.24) is 4.90 Å². The zero-order valence-corrected chi connectivity index (χ0v) is 8.48. The first-order chi connectivity index (χ1) is 6.00. The van der Waals surface area contributed by atoms with E-state index in [1.165, 1.54) is 4.90 Å². The molecule has 0 radical (unpaired) electrons. The van der Waals surface area contributed by atoms with Gasteiger partial charge in [0, 0.05) is 23.6 Å². The summed E-state index contributed by atoms with van der Waals surface area (Å²) in [6.07, 6.45) is -2.86. The maximum Gasteiger partial charge on any atom is 0.315 e. The largest absolute Gasteiger partial charge is 0.336 e. The molecule has 0 aromatic rings. The number of hydrogen-bond acceptors (Lipinski definition) is 2. The van der Waals surface area contributed by atoms with Gasteiger partial charge < -0.3 is 4.90 Å². The van der Waals surface area contributed by atoms with Gasteiger partial charge >= 0.3 is 6.43 Å². The van der Waals surface area contributed by atoms with Gasteiger partial charge in [-0.3, -0.25) is 4.79 Å². The molecule has 0 aromatic carbocycles. The van der Waals surface area contributed by atoms with Crippen molar-refractivity contribution in [3.63, 3.8) is 0 Å². The molecule has 1 rings (SSSR count). The van der Waals surface area contributed by atoms with Crippen LogP contribution in [0.15, 0.2) is 0 Å². The van der Waals surface area contributed by atoms with Gasteiger partial charge in [-0.25, -0.2) is 0 Å². The summed E-state index contributed by atoms with van der Waals surface area (Å²) < 4.78 is 24.1. The lowest BCUT2D eigenvalue weighted by Crippen LogP contribution is -2.46. The van der Waals surface area contributed by atoms with E-state index in [0.29, 0.717) is 13.1 Å². The van der Waals surface area contributed by atoms with Crippen LogP contribution in [0.1, 0.15) is 13.8 Å². The third kappa shape index (κ3) is 2.83. The first kappa shape index (κ1) is 10.8. The van der Waals surface area contributed by atoms with E-state index in [1.807, 2.05) is 13.8 Å². The van der Waals surface area contributed by atoms with Gasteiger partial charge in [-0.2, -0.15) is 20.5 Å². The van der Waals surface area contributed by atoms with E-state index in [0.717, 1.165) is 0 Å². The Hall–Kier alpha value is -0.320. The van der Waals surface area contributed by atoms with Crippen LogP contribution >= 0.6 is 11.8 Å². The minimum atomic E-state index is -2.86. The maximum atomic E-state index is 12.1. The number of carbonyl (C=O) groups excluding carboxylic acids is 1. The molecule has 2 nitrogen and oxygen atoms in total. The van der Waals surface area contributed by atoms with Crippen LogP contribution in [0, 0.1) is 0 Å². The molecule has 1 amide bonds. The molecule has 0 saturated carbocycles. The Kier molecular flexibility index (Phi) is 3.53. The van der Waals surface area contributed by atoms with Gasteiger partial charge in [0.2, 0.25) is 0 Å². The average molecular weight is 209 g/mol. The van der Waals surface area contributed by atoms with Crippen molar-refractivity contribution in [2.24, 2.45) is 0 Å². The molecule has 2 atom stereocenters. The number of halogens is 2. The molecule has 0 bridgehead atoms. The van der Waals surface area contributed by atoms with Crippen LogP contribution in [0.5, 0.6) is 0 Å². The van der Waals surface area contributed by atoms with Crippen molar-refractivity contribution >= 4 is 17.7 Å². The Morgan fingerprint density at radius 1 is 1.38 bits per heavy atom. The molecule has 0 spiro atoms. The molecule has 13 heavy (non-hydrogen) atoms. The van der Waals surface area contributed by atoms with Crippen LogP contribution in [-0.2, 0) is 4.79 Å². The Morgan fingerprint density at radius 2 is 1.85 bits per heavy atom. The van der Waals surface area contributed by atoms with Crippen molar-refractivity contribution < 1.29 is 13.6 Å². The highest BCUT2D eigenvalue weighted by molar-refractivity contribution is 8.00. The van der Waals surface area contributed by atoms with Gasteiger partial charge in [0.05, 0.1) is 0 Å². The first-order valence-electron chi connectivity index (χ1n) is 4.23. The van der Waals surface area contributed by atoms with Gasteiger partial charge in [0.15, 0.2) is 0 Å². The first-order valence-corrected chi connectivity index (χ1v) is 5.17. The SMILES string of the molecule is CC1CN(C(=O)C(F)F)CC(C)S1. The summed E-state index contributed by atoms with van der Waals surface area (Å²) >= 11 is 1.74. The smallest absolute Gasteiger partial charge is 0.315 e. The number of alkyl halides is 2. The fourth-order valence-corrected chi connectivity index (χ4v) is 2.82. The van der Waals surface area contributed by atoms with Crippen LogP contribution in [0.3, 0.4) is 0 Å². The predicted octanol–water partition coefficient (Wildman–Crippen LogP) is 1.60. The van der Waals surface area contributed by atoms with Gasteiger partial charge in [0.25, 0.3) is 5.91 Å². The summed E-state index contributed by atoms with van der Waals surface area (Å²) in [5.74, 6) is -1.03. The topological polar surface area (TPSA) is 20.3 Å². The fraction of sp³-hybridized carbons (Fsp3) is 0.875. The third-order valence-corrected chi connectivity index (χ3v) is 3.15. The predicted molar refractivity (Wildman–Crippen MR) is 49.1 cm³/mol. The van der Waals surface area contributed by atoms with Crippen molar-refractivity contribution in [3.05, 3.63) is 0 Å². The fourth-order valence-electron chi connectivity index (χ4n) is 1.50. The molecule has 0 N–H and O–H groups in total. The molecule has 1 fully saturated rings. The van der Waals surface area contributed by atoms with Crippen molar-refractivity contribution in [2.45, 2.75) is 30.8 Å². The van der Waals surface area contributed by atoms with E-state index in [9.17, 15) is 13.6 Å². The average Bonchev–Trinajstić information content (AvgIpc) is 2.01. The molecule has 0 aliphatic carbocycles. The number of hydrogen-bond donors (Lipinski definition) is 0. The lowest BCUT2D eigenvalue weighted by molar-refractivity contribution is -0.142. The highest BCUT2D eigenvalue weighted by Crippen LogP contribution is 2.25. The molecule has 2 unspecified atom stereocenters. The monoisotopic (exact) mass is 209 g/mol. The van der Waals surface area contributed by atoms with Crippen molar-refractivity contribution in [1.29, 1.82) is 0 Å². The zero-order valence-electron chi connectivity index (χ0n) is 7.67. The van der Waals surface area contributed by atoms with Gasteiger partial charge in [0.1, 0.15) is 0 Å². The van der Waals surface area contributed by atoms with Gasteiger partial charge in [-0.1, -0.05) is 13.8 Å². The van der Waals surface area contributed by atoms with E-state index in [-0.39, 0.29) is 10.5 Å². The maximum absolute atomic E-state index is 12.1. The molecule has 1 saturated heterocycles. The van der Waals surface area contributed by atoms with Gasteiger partial charge in [-0.15, -0.1) is 0 Å². The second-order valence-corrected chi connectivity index (χ2v) is 5.18. The van der Waals surface area contributed by atoms with Crippen LogP contribution in [0.25, 0.3) is 0 Å². The highest BCUT2D eigenvalue weighted by atomic mass is 32.2. The summed E-state index contributed by atoms with van der Waals surface area (Å²) in [4.78, 5) is 12.2. The number of amides is 1. The van der Waals surface area contributed by atoms with Gasteiger partial charge in [-0.05, 0) is 0 Å². The van der Waals surface area contributed by atoms with E-state index in [1.54, 1.807) is 11.8 Å². The molecular weight excluding hydrogens is 196 g/mol. The lowest BCUT2D eigenvalue weighted by atomic mass is 10.3. The van der Waals surface area contributed by atoms with Crippen LogP contribution in [0.2, 0.25) is 0 Å². The molecule has 76 valence electrons. The zero-order chi connectivity index (χ0) is 10.0. The molecule has 1 aliphatic rings. The minimum Gasteiger partial charge on any atom is -0.336 e. The second kappa shape index (κ2) is 4.26. The lowest BCUT2D eigenvalue weighted by Gasteiger charge is -2.34. The van der Waals surface area contributed by atoms with Crippen molar-refractivity contribution in [3.8, 4) is 0 Å².